The highest BCUT2D eigenvalue weighted by Crippen LogP contribution is 2.23. The van der Waals surface area contributed by atoms with Crippen molar-refractivity contribution in [2.75, 3.05) is 19.9 Å². The molecule has 0 radical (unpaired) electrons. The molecule has 1 aromatic heterocycles. The fourth-order valence-corrected chi connectivity index (χ4v) is 2.38. The lowest BCUT2D eigenvalue weighted by atomic mass is 10.1. The van der Waals surface area contributed by atoms with Crippen molar-refractivity contribution in [2.24, 2.45) is 0 Å². The Morgan fingerprint density at radius 3 is 2.74 bits per heavy atom. The molecule has 2 unspecified atom stereocenters. The van der Waals surface area contributed by atoms with E-state index < -0.39 is 10.8 Å². The minimum absolute atomic E-state index is 0.231. The Morgan fingerprint density at radius 1 is 1.47 bits per heavy atom. The molecule has 0 aromatic carbocycles. The van der Waals surface area contributed by atoms with Gasteiger partial charge in [-0.2, -0.15) is 0 Å². The van der Waals surface area contributed by atoms with Gasteiger partial charge in [-0.3, -0.25) is 9.19 Å². The monoisotopic (exact) mass is 284 g/mol. The molecule has 0 amide bonds. The summed E-state index contributed by atoms with van der Waals surface area (Å²) in [5.41, 5.74) is 3.15. The van der Waals surface area contributed by atoms with Crippen LogP contribution in [0.2, 0.25) is 0 Å². The molecule has 0 aliphatic carbocycles. The molecule has 0 aliphatic rings. The standard InChI is InChI=1S/C14H24N2O2S/c1-10-8-16-13(12(3)14(10)18-4)9-15-7-6-11(2)19(5)17/h8,11,15H,6-7,9H2,1-5H3. The number of nitrogens with one attached hydrogen (secondary N) is 1. The number of aromatic nitrogens is 1. The lowest BCUT2D eigenvalue weighted by molar-refractivity contribution is 0.406. The summed E-state index contributed by atoms with van der Waals surface area (Å²) in [6.07, 6.45) is 4.50. The largest absolute Gasteiger partial charge is 0.496 e. The van der Waals surface area contributed by atoms with Gasteiger partial charge in [-0.25, -0.2) is 0 Å². The van der Waals surface area contributed by atoms with E-state index in [1.54, 1.807) is 13.4 Å². The second-order valence-corrected chi connectivity index (χ2v) is 6.62. The maximum atomic E-state index is 11.2. The zero-order valence-corrected chi connectivity index (χ0v) is 13.3. The van der Waals surface area contributed by atoms with Gasteiger partial charge in [-0.15, -0.1) is 0 Å². The summed E-state index contributed by atoms with van der Waals surface area (Å²) in [7, 11) is 0.939. The van der Waals surface area contributed by atoms with Gasteiger partial charge in [-0.05, 0) is 26.8 Å². The fourth-order valence-electron chi connectivity index (χ4n) is 1.93. The van der Waals surface area contributed by atoms with Crippen LogP contribution in [-0.4, -0.2) is 34.4 Å². The quantitative estimate of drug-likeness (QED) is 0.778. The van der Waals surface area contributed by atoms with Gasteiger partial charge in [-0.1, -0.05) is 6.92 Å². The SMILES string of the molecule is COc1c(C)cnc(CNCCC(C)S(C)=O)c1C. The third kappa shape index (κ3) is 4.58. The van der Waals surface area contributed by atoms with Crippen LogP contribution in [0.5, 0.6) is 5.75 Å². The van der Waals surface area contributed by atoms with E-state index in [1.807, 2.05) is 27.0 Å². The third-order valence-corrected chi connectivity index (χ3v) is 4.71. The Morgan fingerprint density at radius 2 is 2.16 bits per heavy atom. The van der Waals surface area contributed by atoms with Crippen LogP contribution in [0.3, 0.4) is 0 Å². The Bertz CT molecular complexity index is 449. The summed E-state index contributed by atoms with van der Waals surface area (Å²) in [4.78, 5) is 4.44. The van der Waals surface area contributed by atoms with Crippen molar-refractivity contribution in [3.63, 3.8) is 0 Å². The van der Waals surface area contributed by atoms with Crippen molar-refractivity contribution in [3.8, 4) is 5.75 Å². The number of methoxy groups -OCH3 is 1. The van der Waals surface area contributed by atoms with Crippen LogP contribution in [0.25, 0.3) is 0 Å². The number of pyridine rings is 1. The number of ether oxygens (including phenoxy) is 1. The molecule has 0 aliphatic heterocycles. The van der Waals surface area contributed by atoms with Crippen LogP contribution in [0.15, 0.2) is 6.20 Å². The second kappa shape index (κ2) is 7.60. The van der Waals surface area contributed by atoms with Crippen molar-refractivity contribution in [2.45, 2.75) is 39.0 Å². The maximum absolute atomic E-state index is 11.2. The topological polar surface area (TPSA) is 51.2 Å². The second-order valence-electron chi connectivity index (χ2n) is 4.82. The van der Waals surface area contributed by atoms with E-state index in [1.165, 1.54) is 0 Å². The summed E-state index contributed by atoms with van der Waals surface area (Å²) in [5, 5.41) is 3.58. The first kappa shape index (κ1) is 16.1. The van der Waals surface area contributed by atoms with Gasteiger partial charge in [0.2, 0.25) is 0 Å². The molecule has 2 atom stereocenters. The molecule has 4 nitrogen and oxygen atoms in total. The first-order valence-electron chi connectivity index (χ1n) is 6.49. The summed E-state index contributed by atoms with van der Waals surface area (Å²) < 4.78 is 16.6. The minimum atomic E-state index is -0.746. The first-order chi connectivity index (χ1) is 8.97. The summed E-state index contributed by atoms with van der Waals surface area (Å²) in [6.45, 7) is 7.59. The predicted octanol–water partition coefficient (Wildman–Crippen LogP) is 1.95. The number of hydrogen-bond acceptors (Lipinski definition) is 4. The van der Waals surface area contributed by atoms with Crippen molar-refractivity contribution in [1.29, 1.82) is 0 Å². The molecule has 1 aromatic rings. The van der Waals surface area contributed by atoms with Crippen molar-refractivity contribution in [3.05, 3.63) is 23.0 Å². The first-order valence-corrected chi connectivity index (χ1v) is 8.11. The highest BCUT2D eigenvalue weighted by atomic mass is 32.2. The molecule has 1 heterocycles. The third-order valence-electron chi connectivity index (χ3n) is 3.34. The highest BCUT2D eigenvalue weighted by Gasteiger charge is 2.09. The van der Waals surface area contributed by atoms with Crippen LogP contribution < -0.4 is 10.1 Å². The lowest BCUT2D eigenvalue weighted by Gasteiger charge is -2.13. The Labute approximate surface area is 118 Å². The summed E-state index contributed by atoms with van der Waals surface area (Å²) in [5.74, 6) is 0.912. The van der Waals surface area contributed by atoms with Gasteiger partial charge in [0, 0.05) is 46.2 Å². The normalized spacial score (nSPS) is 14.2. The molecule has 0 saturated carbocycles. The molecule has 5 heteroatoms. The molecular weight excluding hydrogens is 260 g/mol. The van der Waals surface area contributed by atoms with Gasteiger partial charge < -0.3 is 10.1 Å². The molecular formula is C14H24N2O2S. The molecule has 0 bridgehead atoms. The zero-order chi connectivity index (χ0) is 14.4. The molecule has 0 spiro atoms. The minimum Gasteiger partial charge on any atom is -0.496 e. The van der Waals surface area contributed by atoms with Crippen LogP contribution >= 0.6 is 0 Å². The highest BCUT2D eigenvalue weighted by molar-refractivity contribution is 7.84. The average molecular weight is 284 g/mol. The molecule has 108 valence electrons. The fraction of sp³-hybridized carbons (Fsp3) is 0.643. The van der Waals surface area contributed by atoms with E-state index in [0.29, 0.717) is 6.54 Å². The van der Waals surface area contributed by atoms with Gasteiger partial charge in [0.15, 0.2) is 0 Å². The zero-order valence-electron chi connectivity index (χ0n) is 12.4. The van der Waals surface area contributed by atoms with Crippen LogP contribution in [0, 0.1) is 13.8 Å². The van der Waals surface area contributed by atoms with E-state index >= 15 is 0 Å². The van der Waals surface area contributed by atoms with E-state index in [2.05, 4.69) is 10.3 Å². The van der Waals surface area contributed by atoms with Gasteiger partial charge in [0.25, 0.3) is 0 Å². The number of nitrogens with zero attached hydrogens (tertiary/aromatic N) is 1. The number of rotatable bonds is 7. The van der Waals surface area contributed by atoms with Gasteiger partial charge in [0.05, 0.1) is 12.8 Å². The molecule has 0 fully saturated rings. The summed E-state index contributed by atoms with van der Waals surface area (Å²) in [6, 6.07) is 0. The molecule has 0 saturated heterocycles. The Balaban J connectivity index is 2.52. The maximum Gasteiger partial charge on any atom is 0.128 e. The van der Waals surface area contributed by atoms with E-state index in [0.717, 1.165) is 35.5 Å². The van der Waals surface area contributed by atoms with E-state index in [4.69, 9.17) is 4.74 Å². The van der Waals surface area contributed by atoms with Crippen LogP contribution in [-0.2, 0) is 17.3 Å². The average Bonchev–Trinajstić information content (AvgIpc) is 2.37. The van der Waals surface area contributed by atoms with Crippen molar-refractivity contribution >= 4 is 10.8 Å². The molecule has 19 heavy (non-hydrogen) atoms. The molecule has 1 rings (SSSR count). The van der Waals surface area contributed by atoms with Crippen molar-refractivity contribution in [1.82, 2.24) is 10.3 Å². The Hall–Kier alpha value is -0.940. The Kier molecular flexibility index (Phi) is 6.45. The smallest absolute Gasteiger partial charge is 0.128 e. The van der Waals surface area contributed by atoms with Gasteiger partial charge in [0.1, 0.15) is 5.75 Å². The number of hydrogen-bond donors (Lipinski definition) is 1. The summed E-state index contributed by atoms with van der Waals surface area (Å²) >= 11 is 0. The van der Waals surface area contributed by atoms with Crippen LogP contribution in [0.1, 0.15) is 30.2 Å². The lowest BCUT2D eigenvalue weighted by Crippen LogP contribution is -2.22. The van der Waals surface area contributed by atoms with Crippen LogP contribution in [0.4, 0.5) is 0 Å². The van der Waals surface area contributed by atoms with Gasteiger partial charge >= 0.3 is 0 Å². The number of aryl methyl sites for hydroxylation is 1. The van der Waals surface area contributed by atoms with Crippen molar-refractivity contribution < 1.29 is 8.95 Å². The molecule has 1 N–H and O–H groups in total. The van der Waals surface area contributed by atoms with E-state index in [-0.39, 0.29) is 5.25 Å². The van der Waals surface area contributed by atoms with E-state index in [9.17, 15) is 4.21 Å². The predicted molar refractivity (Wildman–Crippen MR) is 80.1 cm³/mol.